The van der Waals surface area contributed by atoms with E-state index < -0.39 is 0 Å². The lowest BCUT2D eigenvalue weighted by Crippen LogP contribution is -2.27. The minimum Gasteiger partial charge on any atom is -0.379 e. The summed E-state index contributed by atoms with van der Waals surface area (Å²) in [6.45, 7) is 6.15. The lowest BCUT2D eigenvalue weighted by Gasteiger charge is -2.26. The first-order chi connectivity index (χ1) is 9.27. The van der Waals surface area contributed by atoms with Crippen LogP contribution in [0.2, 0.25) is 0 Å². The molecule has 106 valence electrons. The average Bonchev–Trinajstić information content (AvgIpc) is 2.42. The van der Waals surface area contributed by atoms with Crippen molar-refractivity contribution in [2.45, 2.75) is 44.6 Å². The van der Waals surface area contributed by atoms with Gasteiger partial charge in [-0.3, -0.25) is 0 Å². The van der Waals surface area contributed by atoms with Crippen LogP contribution in [0.15, 0.2) is 24.3 Å². The maximum atomic E-state index is 5.56. The van der Waals surface area contributed by atoms with Gasteiger partial charge >= 0.3 is 0 Å². The van der Waals surface area contributed by atoms with E-state index in [9.17, 15) is 0 Å². The van der Waals surface area contributed by atoms with Crippen LogP contribution in [0.4, 0.5) is 0 Å². The van der Waals surface area contributed by atoms with Gasteiger partial charge in [0.15, 0.2) is 0 Å². The number of unbranched alkanes of at least 4 members (excludes halogenated alkanes) is 1. The summed E-state index contributed by atoms with van der Waals surface area (Å²) in [5, 5.41) is 3.69. The Morgan fingerprint density at radius 2 is 2.16 bits per heavy atom. The lowest BCUT2D eigenvalue weighted by molar-refractivity contribution is 0.0759. The van der Waals surface area contributed by atoms with E-state index >= 15 is 0 Å². The Hall–Kier alpha value is -0.510. The van der Waals surface area contributed by atoms with Crippen LogP contribution in [0.1, 0.15) is 43.9 Å². The molecule has 0 saturated heterocycles. The van der Waals surface area contributed by atoms with E-state index in [0.717, 1.165) is 25.3 Å². The highest BCUT2D eigenvalue weighted by atomic mass is 32.2. The van der Waals surface area contributed by atoms with E-state index in [0.29, 0.717) is 12.1 Å². The number of ether oxygens (including phenoxy) is 1. The molecule has 2 rings (SSSR count). The third-order valence-corrected chi connectivity index (χ3v) is 4.47. The second-order valence-corrected chi connectivity index (χ2v) is 6.38. The number of nitrogens with one attached hydrogen (secondary N) is 1. The highest BCUT2D eigenvalue weighted by Gasteiger charge is 2.18. The van der Waals surface area contributed by atoms with Gasteiger partial charge in [-0.1, -0.05) is 24.3 Å². The van der Waals surface area contributed by atoms with Crippen molar-refractivity contribution in [2.75, 3.05) is 18.9 Å². The molecule has 1 heterocycles. The molecule has 1 N–H and O–H groups in total. The first-order valence-electron chi connectivity index (χ1n) is 7.28. The zero-order valence-corrected chi connectivity index (χ0v) is 12.8. The topological polar surface area (TPSA) is 21.3 Å². The molecule has 3 heteroatoms. The van der Waals surface area contributed by atoms with Crippen LogP contribution in [0, 0.1) is 0 Å². The summed E-state index contributed by atoms with van der Waals surface area (Å²) < 4.78 is 5.56. The van der Waals surface area contributed by atoms with Crippen molar-refractivity contribution in [3.63, 3.8) is 0 Å². The van der Waals surface area contributed by atoms with E-state index in [1.54, 1.807) is 0 Å². The predicted octanol–water partition coefficient (Wildman–Crippen LogP) is 3.77. The van der Waals surface area contributed by atoms with Crippen molar-refractivity contribution in [1.82, 2.24) is 5.32 Å². The van der Waals surface area contributed by atoms with Crippen molar-refractivity contribution in [3.05, 3.63) is 35.4 Å². The van der Waals surface area contributed by atoms with Gasteiger partial charge in [0.25, 0.3) is 0 Å². The monoisotopic (exact) mass is 279 g/mol. The second kappa shape index (κ2) is 7.93. The van der Waals surface area contributed by atoms with Gasteiger partial charge in [0, 0.05) is 24.2 Å². The molecule has 1 aliphatic rings. The Bertz CT molecular complexity index is 381. The Balaban J connectivity index is 1.70. The molecule has 0 radical (unpaired) electrons. The SMILES string of the molecule is CC(C)OCCCCNC1CSCc2ccccc21. The number of benzene rings is 1. The van der Waals surface area contributed by atoms with E-state index in [1.807, 2.05) is 11.8 Å². The molecule has 0 bridgehead atoms. The van der Waals surface area contributed by atoms with Crippen molar-refractivity contribution in [3.8, 4) is 0 Å². The zero-order chi connectivity index (χ0) is 13.5. The molecular formula is C16H25NOS. The van der Waals surface area contributed by atoms with E-state index in [-0.39, 0.29) is 0 Å². The third-order valence-electron chi connectivity index (χ3n) is 3.39. The predicted molar refractivity (Wildman–Crippen MR) is 83.7 cm³/mol. The van der Waals surface area contributed by atoms with Crippen molar-refractivity contribution in [2.24, 2.45) is 0 Å². The van der Waals surface area contributed by atoms with Crippen LogP contribution in [-0.2, 0) is 10.5 Å². The van der Waals surface area contributed by atoms with Crippen molar-refractivity contribution in [1.29, 1.82) is 0 Å². The highest BCUT2D eigenvalue weighted by Crippen LogP contribution is 2.31. The van der Waals surface area contributed by atoms with E-state index in [4.69, 9.17) is 4.74 Å². The van der Waals surface area contributed by atoms with Gasteiger partial charge < -0.3 is 10.1 Å². The molecule has 1 unspecified atom stereocenters. The largest absolute Gasteiger partial charge is 0.379 e. The Labute approximate surface area is 121 Å². The minimum atomic E-state index is 0.356. The molecule has 0 saturated carbocycles. The summed E-state index contributed by atoms with van der Waals surface area (Å²) >= 11 is 2.03. The summed E-state index contributed by atoms with van der Waals surface area (Å²) in [6, 6.07) is 9.35. The fourth-order valence-corrected chi connectivity index (χ4v) is 3.51. The Kier molecular flexibility index (Phi) is 6.21. The summed E-state index contributed by atoms with van der Waals surface area (Å²) in [5.74, 6) is 2.36. The number of thioether (sulfide) groups is 1. The number of hydrogen-bond acceptors (Lipinski definition) is 3. The summed E-state index contributed by atoms with van der Waals surface area (Å²) in [5.41, 5.74) is 3.00. The fraction of sp³-hybridized carbons (Fsp3) is 0.625. The molecule has 2 nitrogen and oxygen atoms in total. The first-order valence-corrected chi connectivity index (χ1v) is 8.43. The maximum Gasteiger partial charge on any atom is 0.0518 e. The number of fused-ring (bicyclic) bond motifs is 1. The molecule has 1 aliphatic heterocycles. The first kappa shape index (κ1) is 14.9. The molecule has 0 aromatic heterocycles. The molecule has 1 aromatic rings. The molecule has 1 aromatic carbocycles. The van der Waals surface area contributed by atoms with Gasteiger partial charge in [0.2, 0.25) is 0 Å². The van der Waals surface area contributed by atoms with Crippen LogP contribution >= 0.6 is 11.8 Å². The normalized spacial score (nSPS) is 18.6. The standard InChI is InChI=1S/C16H25NOS/c1-13(2)18-10-6-5-9-17-16-12-19-11-14-7-3-4-8-15(14)16/h3-4,7-8,13,16-17H,5-6,9-12H2,1-2H3. The van der Waals surface area contributed by atoms with Gasteiger partial charge in [-0.2, -0.15) is 11.8 Å². The summed E-state index contributed by atoms with van der Waals surface area (Å²) in [4.78, 5) is 0. The van der Waals surface area contributed by atoms with Crippen LogP contribution in [-0.4, -0.2) is 25.0 Å². The zero-order valence-electron chi connectivity index (χ0n) is 12.0. The lowest BCUT2D eigenvalue weighted by atomic mass is 10.0. The van der Waals surface area contributed by atoms with Crippen molar-refractivity contribution >= 4 is 11.8 Å². The molecule has 0 amide bonds. The minimum absolute atomic E-state index is 0.356. The third kappa shape index (κ3) is 4.83. The molecule has 0 fully saturated rings. The summed E-state index contributed by atoms with van der Waals surface area (Å²) in [7, 11) is 0. The van der Waals surface area contributed by atoms with Gasteiger partial charge in [0.1, 0.15) is 0 Å². The van der Waals surface area contributed by atoms with Crippen LogP contribution in [0.3, 0.4) is 0 Å². The van der Waals surface area contributed by atoms with Gasteiger partial charge in [-0.05, 0) is 44.4 Å². The Morgan fingerprint density at radius 3 is 3.00 bits per heavy atom. The Morgan fingerprint density at radius 1 is 1.32 bits per heavy atom. The van der Waals surface area contributed by atoms with Gasteiger partial charge in [0.05, 0.1) is 6.10 Å². The summed E-state index contributed by atoms with van der Waals surface area (Å²) in [6.07, 6.45) is 2.69. The average molecular weight is 279 g/mol. The van der Waals surface area contributed by atoms with Crippen LogP contribution in [0.5, 0.6) is 0 Å². The van der Waals surface area contributed by atoms with E-state index in [1.165, 1.54) is 23.3 Å². The van der Waals surface area contributed by atoms with E-state index in [2.05, 4.69) is 43.4 Å². The molecule has 0 aliphatic carbocycles. The molecule has 1 atom stereocenters. The number of hydrogen-bond donors (Lipinski definition) is 1. The van der Waals surface area contributed by atoms with Gasteiger partial charge in [-0.25, -0.2) is 0 Å². The van der Waals surface area contributed by atoms with Crippen molar-refractivity contribution < 1.29 is 4.74 Å². The van der Waals surface area contributed by atoms with Gasteiger partial charge in [-0.15, -0.1) is 0 Å². The molecular weight excluding hydrogens is 254 g/mol. The number of rotatable bonds is 7. The highest BCUT2D eigenvalue weighted by molar-refractivity contribution is 7.98. The van der Waals surface area contributed by atoms with Crippen LogP contribution in [0.25, 0.3) is 0 Å². The fourth-order valence-electron chi connectivity index (χ4n) is 2.37. The quantitative estimate of drug-likeness (QED) is 0.768. The van der Waals surface area contributed by atoms with Crippen LogP contribution < -0.4 is 5.32 Å². The molecule has 19 heavy (non-hydrogen) atoms. The smallest absolute Gasteiger partial charge is 0.0518 e. The maximum absolute atomic E-state index is 5.56. The molecule has 0 spiro atoms. The second-order valence-electron chi connectivity index (χ2n) is 5.35.